The highest BCUT2D eigenvalue weighted by Crippen LogP contribution is 2.32. The summed E-state index contributed by atoms with van der Waals surface area (Å²) in [6, 6.07) is 6.58. The van der Waals surface area contributed by atoms with Gasteiger partial charge in [-0.1, -0.05) is 24.1 Å². The molecule has 1 aliphatic heterocycles. The molecule has 7 heteroatoms. The van der Waals surface area contributed by atoms with Crippen molar-refractivity contribution in [1.82, 2.24) is 15.3 Å². The molecule has 0 saturated carbocycles. The summed E-state index contributed by atoms with van der Waals surface area (Å²) in [4.78, 5) is 8.55. The third-order valence-corrected chi connectivity index (χ3v) is 4.44. The van der Waals surface area contributed by atoms with Crippen molar-refractivity contribution in [2.45, 2.75) is 25.3 Å². The third kappa shape index (κ3) is 3.71. The largest absolute Gasteiger partial charge is 0.495 e. The summed E-state index contributed by atoms with van der Waals surface area (Å²) in [6.45, 7) is 1.07. The number of benzene rings is 1. The minimum absolute atomic E-state index is 0.393. The van der Waals surface area contributed by atoms with Gasteiger partial charge < -0.3 is 20.7 Å². The molecule has 0 amide bonds. The van der Waals surface area contributed by atoms with E-state index < -0.39 is 0 Å². The molecule has 2 heterocycles. The van der Waals surface area contributed by atoms with Crippen LogP contribution in [-0.4, -0.2) is 30.7 Å². The molecule has 0 aliphatic carbocycles. The number of nitrogens with one attached hydrogen (secondary N) is 3. The maximum atomic E-state index is 6.02. The quantitative estimate of drug-likeness (QED) is 0.765. The van der Waals surface area contributed by atoms with Crippen molar-refractivity contribution >= 4 is 29.1 Å². The number of ether oxygens (including phenoxy) is 1. The zero-order chi connectivity index (χ0) is 16.9. The normalized spacial score (nSPS) is 17.4. The SMILES string of the molecule is CNc1nc(Nc2ccc(C3CCCCN3)cc2OC)ncc1Cl. The van der Waals surface area contributed by atoms with E-state index in [1.165, 1.54) is 18.4 Å². The lowest BCUT2D eigenvalue weighted by molar-refractivity contribution is 0.401. The van der Waals surface area contributed by atoms with Crippen molar-refractivity contribution in [3.05, 3.63) is 35.0 Å². The van der Waals surface area contributed by atoms with E-state index in [0.717, 1.165) is 24.4 Å². The van der Waals surface area contributed by atoms with Crippen LogP contribution < -0.4 is 20.7 Å². The van der Waals surface area contributed by atoms with E-state index in [2.05, 4.69) is 38.1 Å². The Bertz CT molecular complexity index is 703. The molecule has 128 valence electrons. The second kappa shape index (κ2) is 7.68. The predicted octanol–water partition coefficient (Wildman–Crippen LogP) is 3.74. The van der Waals surface area contributed by atoms with Crippen molar-refractivity contribution in [3.63, 3.8) is 0 Å². The van der Waals surface area contributed by atoms with Crippen LogP contribution >= 0.6 is 11.6 Å². The molecular formula is C17H22ClN5O. The summed E-state index contributed by atoms with van der Waals surface area (Å²) in [7, 11) is 3.44. The summed E-state index contributed by atoms with van der Waals surface area (Å²) in [6.07, 6.45) is 5.22. The van der Waals surface area contributed by atoms with Gasteiger partial charge in [-0.2, -0.15) is 4.98 Å². The Hall–Kier alpha value is -2.05. The van der Waals surface area contributed by atoms with Gasteiger partial charge in [0.15, 0.2) is 0 Å². The van der Waals surface area contributed by atoms with Crippen molar-refractivity contribution in [1.29, 1.82) is 0 Å². The van der Waals surface area contributed by atoms with E-state index in [1.807, 2.05) is 6.07 Å². The topological polar surface area (TPSA) is 71.1 Å². The van der Waals surface area contributed by atoms with Crippen LogP contribution in [0.1, 0.15) is 30.9 Å². The monoisotopic (exact) mass is 347 g/mol. The highest BCUT2D eigenvalue weighted by Gasteiger charge is 2.17. The van der Waals surface area contributed by atoms with Gasteiger partial charge in [0.2, 0.25) is 5.95 Å². The van der Waals surface area contributed by atoms with Crippen molar-refractivity contribution in [3.8, 4) is 5.75 Å². The van der Waals surface area contributed by atoms with E-state index in [9.17, 15) is 0 Å². The Kier molecular flexibility index (Phi) is 5.37. The molecular weight excluding hydrogens is 326 g/mol. The number of rotatable bonds is 5. The van der Waals surface area contributed by atoms with Crippen LogP contribution in [0.25, 0.3) is 0 Å². The van der Waals surface area contributed by atoms with E-state index in [-0.39, 0.29) is 0 Å². The average molecular weight is 348 g/mol. The molecule has 1 atom stereocenters. The Labute approximate surface area is 147 Å². The number of halogens is 1. The first kappa shape index (κ1) is 16.8. The number of hydrogen-bond donors (Lipinski definition) is 3. The number of piperidine rings is 1. The lowest BCUT2D eigenvalue weighted by atomic mass is 9.97. The maximum Gasteiger partial charge on any atom is 0.229 e. The molecule has 1 saturated heterocycles. The van der Waals surface area contributed by atoms with Gasteiger partial charge in [0.1, 0.15) is 16.6 Å². The first-order chi connectivity index (χ1) is 11.7. The molecule has 6 nitrogen and oxygen atoms in total. The third-order valence-electron chi connectivity index (χ3n) is 4.17. The molecule has 2 aromatic rings. The first-order valence-electron chi connectivity index (χ1n) is 8.10. The fourth-order valence-corrected chi connectivity index (χ4v) is 3.07. The Morgan fingerprint density at radius 2 is 2.21 bits per heavy atom. The summed E-state index contributed by atoms with van der Waals surface area (Å²) in [5.41, 5.74) is 2.06. The fourth-order valence-electron chi connectivity index (χ4n) is 2.89. The van der Waals surface area contributed by atoms with Crippen molar-refractivity contribution in [2.75, 3.05) is 31.3 Å². The zero-order valence-corrected chi connectivity index (χ0v) is 14.7. The smallest absolute Gasteiger partial charge is 0.229 e. The van der Waals surface area contributed by atoms with Crippen molar-refractivity contribution < 1.29 is 4.74 Å². The highest BCUT2D eigenvalue weighted by atomic mass is 35.5. The standard InChI is InChI=1S/C17H22ClN5O/c1-19-16-12(18)10-21-17(23-16)22-14-7-6-11(9-15(14)24-2)13-5-3-4-8-20-13/h6-7,9-10,13,20H,3-5,8H2,1-2H3,(H2,19,21,22,23). The number of nitrogens with zero attached hydrogens (tertiary/aromatic N) is 2. The van der Waals surface area contributed by atoms with Crippen LogP contribution in [-0.2, 0) is 0 Å². The Morgan fingerprint density at radius 1 is 1.33 bits per heavy atom. The second-order valence-electron chi connectivity index (χ2n) is 5.73. The minimum Gasteiger partial charge on any atom is -0.495 e. The average Bonchev–Trinajstić information content (AvgIpc) is 2.64. The van der Waals surface area contributed by atoms with Crippen LogP contribution in [0.3, 0.4) is 0 Å². The predicted molar refractivity (Wildman–Crippen MR) is 97.5 cm³/mol. The Balaban J connectivity index is 1.82. The summed E-state index contributed by atoms with van der Waals surface area (Å²) < 4.78 is 5.54. The van der Waals surface area contributed by atoms with E-state index in [4.69, 9.17) is 16.3 Å². The minimum atomic E-state index is 0.393. The van der Waals surface area contributed by atoms with Crippen LogP contribution in [0.2, 0.25) is 5.02 Å². The summed E-state index contributed by atoms with van der Waals surface area (Å²) >= 11 is 6.02. The van der Waals surface area contributed by atoms with Crippen LogP contribution in [0.5, 0.6) is 5.75 Å². The van der Waals surface area contributed by atoms with Crippen LogP contribution in [0, 0.1) is 0 Å². The molecule has 0 radical (unpaired) electrons. The summed E-state index contributed by atoms with van der Waals surface area (Å²) in [5.74, 6) is 1.81. The van der Waals surface area contributed by atoms with E-state index >= 15 is 0 Å². The molecule has 1 aromatic heterocycles. The van der Waals surface area contributed by atoms with Gasteiger partial charge in [-0.15, -0.1) is 0 Å². The zero-order valence-electron chi connectivity index (χ0n) is 13.9. The molecule has 1 unspecified atom stereocenters. The van der Waals surface area contributed by atoms with E-state index in [1.54, 1.807) is 20.4 Å². The molecule has 1 fully saturated rings. The molecule has 3 rings (SSSR count). The number of hydrogen-bond acceptors (Lipinski definition) is 6. The van der Waals surface area contributed by atoms with Crippen LogP contribution in [0.15, 0.2) is 24.4 Å². The van der Waals surface area contributed by atoms with Gasteiger partial charge in [-0.3, -0.25) is 0 Å². The van der Waals surface area contributed by atoms with Gasteiger partial charge in [-0.25, -0.2) is 4.98 Å². The maximum absolute atomic E-state index is 6.02. The summed E-state index contributed by atoms with van der Waals surface area (Å²) in [5, 5.41) is 10.2. The second-order valence-corrected chi connectivity index (χ2v) is 6.13. The molecule has 3 N–H and O–H groups in total. The lowest BCUT2D eigenvalue weighted by Crippen LogP contribution is -2.26. The fraction of sp³-hybridized carbons (Fsp3) is 0.412. The molecule has 24 heavy (non-hydrogen) atoms. The van der Waals surface area contributed by atoms with Gasteiger partial charge >= 0.3 is 0 Å². The number of methoxy groups -OCH3 is 1. The molecule has 0 spiro atoms. The van der Waals surface area contributed by atoms with Crippen molar-refractivity contribution in [2.24, 2.45) is 0 Å². The van der Waals surface area contributed by atoms with Crippen LogP contribution in [0.4, 0.5) is 17.5 Å². The molecule has 1 aromatic carbocycles. The molecule has 0 bridgehead atoms. The molecule has 1 aliphatic rings. The van der Waals surface area contributed by atoms with Gasteiger partial charge in [0.05, 0.1) is 19.0 Å². The van der Waals surface area contributed by atoms with E-state index in [0.29, 0.717) is 22.8 Å². The first-order valence-corrected chi connectivity index (χ1v) is 8.47. The van der Waals surface area contributed by atoms with Gasteiger partial charge in [-0.05, 0) is 37.1 Å². The highest BCUT2D eigenvalue weighted by molar-refractivity contribution is 6.32. The number of anilines is 3. The van der Waals surface area contributed by atoms with Gasteiger partial charge in [0.25, 0.3) is 0 Å². The Morgan fingerprint density at radius 3 is 2.92 bits per heavy atom. The lowest BCUT2D eigenvalue weighted by Gasteiger charge is -2.24. The van der Waals surface area contributed by atoms with Gasteiger partial charge in [0, 0.05) is 13.1 Å². The number of aromatic nitrogens is 2.